The number of thiol groups is 2. The van der Waals surface area contributed by atoms with E-state index in [2.05, 4.69) is 36.6 Å². The molecule has 0 heterocycles. The average molecular weight is 178 g/mol. The van der Waals surface area contributed by atoms with Gasteiger partial charge >= 0.3 is 5.97 Å². The Balaban J connectivity index is 3.93. The zero-order valence-corrected chi connectivity index (χ0v) is 7.71. The van der Waals surface area contributed by atoms with Crippen LogP contribution < -0.4 is 0 Å². The zero-order valence-electron chi connectivity index (χ0n) is 5.92. The monoisotopic (exact) mass is 178 g/mol. The maximum atomic E-state index is 10.7. The maximum Gasteiger partial charge on any atom is 0.335 e. The van der Waals surface area contributed by atoms with Crippen molar-refractivity contribution in [1.29, 1.82) is 0 Å². The summed E-state index contributed by atoms with van der Waals surface area (Å²) in [6.45, 7) is 6.52. The minimum absolute atomic E-state index is 0.342. The van der Waals surface area contributed by atoms with Gasteiger partial charge in [0.15, 0.2) is 4.27 Å². The van der Waals surface area contributed by atoms with Crippen LogP contribution in [0.5, 0.6) is 0 Å². The molecule has 0 rings (SSSR count). The summed E-state index contributed by atoms with van der Waals surface area (Å²) < 4.78 is 3.67. The van der Waals surface area contributed by atoms with E-state index in [1.165, 1.54) is 0 Å². The van der Waals surface area contributed by atoms with Crippen LogP contribution in [0.2, 0.25) is 0 Å². The topological polar surface area (TPSA) is 26.3 Å². The van der Waals surface area contributed by atoms with E-state index in [4.69, 9.17) is 0 Å². The molecule has 0 fully saturated rings. The third kappa shape index (κ3) is 4.76. The predicted octanol–water partition coefficient (Wildman–Crippen LogP) is 1.64. The summed E-state index contributed by atoms with van der Waals surface area (Å²) in [5, 5.41) is 0. The van der Waals surface area contributed by atoms with Crippen LogP contribution in [0, 0.1) is 0 Å². The Labute approximate surface area is 71.5 Å². The Morgan fingerprint density at radius 2 is 2.00 bits per heavy atom. The molecule has 0 N–H and O–H groups in total. The van der Waals surface area contributed by atoms with Crippen molar-refractivity contribution < 1.29 is 9.53 Å². The molecular formula is C6H10O2S2. The lowest BCUT2D eigenvalue weighted by molar-refractivity contribution is -0.141. The Kier molecular flexibility index (Phi) is 3.31. The van der Waals surface area contributed by atoms with Crippen molar-refractivity contribution in [2.45, 2.75) is 18.1 Å². The van der Waals surface area contributed by atoms with E-state index in [9.17, 15) is 4.79 Å². The fourth-order valence-corrected chi connectivity index (χ4v) is 0.429. The zero-order chi connectivity index (χ0) is 8.36. The highest BCUT2D eigenvalue weighted by Crippen LogP contribution is 2.20. The summed E-state index contributed by atoms with van der Waals surface area (Å²) in [6.07, 6.45) is 0. The second-order valence-corrected chi connectivity index (χ2v) is 4.16. The first kappa shape index (κ1) is 9.91. The van der Waals surface area contributed by atoms with Crippen LogP contribution in [-0.2, 0) is 9.53 Å². The molecular weight excluding hydrogens is 168 g/mol. The fourth-order valence-electron chi connectivity index (χ4n) is 0.263. The highest BCUT2D eigenvalue weighted by Gasteiger charge is 2.18. The van der Waals surface area contributed by atoms with Crippen molar-refractivity contribution in [2.75, 3.05) is 0 Å². The molecule has 0 radical (unpaired) electrons. The van der Waals surface area contributed by atoms with Crippen LogP contribution >= 0.6 is 25.3 Å². The molecule has 0 aromatic heterocycles. The number of hydrogen-bond donors (Lipinski definition) is 2. The molecule has 0 aliphatic rings. The first-order chi connectivity index (χ1) is 4.33. The summed E-state index contributed by atoms with van der Waals surface area (Å²) in [5.74, 6) is -0.479. The van der Waals surface area contributed by atoms with Gasteiger partial charge in [0.1, 0.15) is 0 Å². The first-order valence-electron chi connectivity index (χ1n) is 2.66. The van der Waals surface area contributed by atoms with Crippen molar-refractivity contribution in [3.8, 4) is 0 Å². The molecule has 58 valence electrons. The molecule has 0 aromatic carbocycles. The van der Waals surface area contributed by atoms with E-state index in [-0.39, 0.29) is 0 Å². The summed E-state index contributed by atoms with van der Waals surface area (Å²) in [7, 11) is 0. The van der Waals surface area contributed by atoms with Crippen molar-refractivity contribution in [2.24, 2.45) is 0 Å². The van der Waals surface area contributed by atoms with Gasteiger partial charge in [-0.1, -0.05) is 6.58 Å². The lowest BCUT2D eigenvalue weighted by Gasteiger charge is -2.16. The molecule has 10 heavy (non-hydrogen) atoms. The van der Waals surface area contributed by atoms with Gasteiger partial charge in [0, 0.05) is 5.57 Å². The number of ether oxygens (including phenoxy) is 1. The van der Waals surface area contributed by atoms with E-state index < -0.39 is 10.2 Å². The number of carbonyl (C=O) groups excluding carboxylic acids is 1. The van der Waals surface area contributed by atoms with E-state index in [0.717, 1.165) is 0 Å². The molecule has 0 aliphatic carbocycles. The van der Waals surface area contributed by atoms with Crippen LogP contribution in [0.25, 0.3) is 0 Å². The number of esters is 1. The number of carbonyl (C=O) groups is 1. The highest BCUT2D eigenvalue weighted by molar-refractivity contribution is 8.00. The van der Waals surface area contributed by atoms with E-state index in [0.29, 0.717) is 5.57 Å². The quantitative estimate of drug-likeness (QED) is 0.291. The van der Waals surface area contributed by atoms with Crippen LogP contribution in [0.3, 0.4) is 0 Å². The highest BCUT2D eigenvalue weighted by atomic mass is 32.2. The summed E-state index contributed by atoms with van der Waals surface area (Å²) in [5.41, 5.74) is 0.342. The third-order valence-corrected chi connectivity index (χ3v) is 0.817. The lowest BCUT2D eigenvalue weighted by Crippen LogP contribution is -2.18. The van der Waals surface area contributed by atoms with Gasteiger partial charge in [-0.2, -0.15) is 0 Å². The molecule has 0 atom stereocenters. The molecule has 4 heteroatoms. The van der Waals surface area contributed by atoms with Crippen molar-refractivity contribution in [3.63, 3.8) is 0 Å². The smallest absolute Gasteiger partial charge is 0.335 e. The first-order valence-corrected chi connectivity index (χ1v) is 3.56. The summed E-state index contributed by atoms with van der Waals surface area (Å²) >= 11 is 7.74. The largest absolute Gasteiger partial charge is 0.436 e. The molecule has 0 unspecified atom stereocenters. The Morgan fingerprint density at radius 1 is 1.60 bits per heavy atom. The summed E-state index contributed by atoms with van der Waals surface area (Å²) in [6, 6.07) is 0. The van der Waals surface area contributed by atoms with Crippen LogP contribution in [0.15, 0.2) is 12.2 Å². The SMILES string of the molecule is C=C(C)C(=O)OC(C)(S)S. The molecule has 2 nitrogen and oxygen atoms in total. The second kappa shape index (κ2) is 3.34. The van der Waals surface area contributed by atoms with Gasteiger partial charge in [-0.3, -0.25) is 0 Å². The van der Waals surface area contributed by atoms with Crippen molar-refractivity contribution in [3.05, 3.63) is 12.2 Å². The van der Waals surface area contributed by atoms with Gasteiger partial charge in [0.25, 0.3) is 0 Å². The fraction of sp³-hybridized carbons (Fsp3) is 0.500. The van der Waals surface area contributed by atoms with Crippen LogP contribution in [-0.4, -0.2) is 10.2 Å². The van der Waals surface area contributed by atoms with E-state index >= 15 is 0 Å². The standard InChI is InChI=1S/C6H10O2S2/c1-4(2)5(7)8-6(3,9)10/h9-10H,1H2,2-3H3. The molecule has 0 bridgehead atoms. The minimum Gasteiger partial charge on any atom is -0.436 e. The van der Waals surface area contributed by atoms with Gasteiger partial charge in [-0.05, 0) is 13.8 Å². The van der Waals surface area contributed by atoms with Gasteiger partial charge in [-0.25, -0.2) is 4.79 Å². The van der Waals surface area contributed by atoms with Crippen molar-refractivity contribution >= 4 is 31.2 Å². The molecule has 0 saturated carbocycles. The van der Waals surface area contributed by atoms with Crippen molar-refractivity contribution in [1.82, 2.24) is 0 Å². The Hall–Kier alpha value is -0.0900. The normalized spacial score (nSPS) is 10.8. The lowest BCUT2D eigenvalue weighted by atomic mass is 10.4. The molecule has 0 spiro atoms. The molecule has 0 amide bonds. The van der Waals surface area contributed by atoms with E-state index in [1.807, 2.05) is 0 Å². The molecule has 0 saturated heterocycles. The maximum absolute atomic E-state index is 10.7. The van der Waals surface area contributed by atoms with Crippen LogP contribution in [0.4, 0.5) is 0 Å². The average Bonchev–Trinajstić information content (AvgIpc) is 1.60. The summed E-state index contributed by atoms with van der Waals surface area (Å²) in [4.78, 5) is 10.7. The minimum atomic E-state index is -1.02. The molecule has 0 aliphatic heterocycles. The van der Waals surface area contributed by atoms with Crippen LogP contribution in [0.1, 0.15) is 13.8 Å². The van der Waals surface area contributed by atoms with Gasteiger partial charge in [-0.15, -0.1) is 25.3 Å². The molecule has 0 aromatic rings. The number of hydrogen-bond acceptors (Lipinski definition) is 4. The van der Waals surface area contributed by atoms with E-state index in [1.54, 1.807) is 13.8 Å². The number of rotatable bonds is 2. The Morgan fingerprint density at radius 3 is 2.10 bits per heavy atom. The van der Waals surface area contributed by atoms with Gasteiger partial charge < -0.3 is 4.74 Å². The second-order valence-electron chi connectivity index (χ2n) is 2.10. The van der Waals surface area contributed by atoms with Gasteiger partial charge in [0.2, 0.25) is 0 Å². The van der Waals surface area contributed by atoms with Gasteiger partial charge in [0.05, 0.1) is 0 Å². The third-order valence-electron chi connectivity index (χ3n) is 0.635. The predicted molar refractivity (Wildman–Crippen MR) is 47.3 cm³/mol. The Bertz CT molecular complexity index is 158.